The van der Waals surface area contributed by atoms with Gasteiger partial charge in [0.25, 0.3) is 0 Å². The van der Waals surface area contributed by atoms with E-state index in [0.717, 1.165) is 52.5 Å². The fraction of sp³-hybridized carbons (Fsp3) is 0.517. The van der Waals surface area contributed by atoms with Crippen LogP contribution in [0.1, 0.15) is 97.5 Å². The zero-order valence-electron chi connectivity index (χ0n) is 22.3. The van der Waals surface area contributed by atoms with E-state index in [1.165, 1.54) is 17.6 Å². The number of hydrogen-bond donors (Lipinski definition) is 2. The number of piperidine rings is 1. The molecule has 2 aromatic rings. The molecule has 36 heavy (non-hydrogen) atoms. The Morgan fingerprint density at radius 1 is 1.06 bits per heavy atom. The van der Waals surface area contributed by atoms with Gasteiger partial charge in [-0.05, 0) is 86.4 Å². The number of aromatic nitrogens is 1. The maximum Gasteiger partial charge on any atom is 0.219 e. The van der Waals surface area contributed by atoms with Gasteiger partial charge in [0.2, 0.25) is 5.91 Å². The maximum atomic E-state index is 11.7. The van der Waals surface area contributed by atoms with E-state index in [2.05, 4.69) is 51.8 Å². The Bertz CT molecular complexity index is 1030. The summed E-state index contributed by atoms with van der Waals surface area (Å²) in [5.74, 6) is 0.208. The van der Waals surface area contributed by atoms with Gasteiger partial charge in [-0.2, -0.15) is 0 Å². The number of amides is 1. The molecule has 1 amide bonds. The highest BCUT2D eigenvalue weighted by Crippen LogP contribution is 2.45. The van der Waals surface area contributed by atoms with Crippen LogP contribution in [0.25, 0.3) is 5.57 Å². The Hall–Kier alpha value is -1.86. The lowest BCUT2D eigenvalue weighted by molar-refractivity contribution is -0.129. The van der Waals surface area contributed by atoms with Gasteiger partial charge in [0.15, 0.2) is 5.75 Å². The van der Waals surface area contributed by atoms with Crippen LogP contribution in [-0.2, 0) is 17.6 Å². The van der Waals surface area contributed by atoms with Gasteiger partial charge in [0, 0.05) is 36.3 Å². The molecule has 5 nitrogen and oxygen atoms in total. The molecule has 0 bridgehead atoms. The summed E-state index contributed by atoms with van der Waals surface area (Å²) >= 11 is 7.09. The Balaban J connectivity index is 0.00000140. The molecular formula is C29H45Br2N3O2. The normalized spacial score (nSPS) is 13.6. The zero-order chi connectivity index (χ0) is 26.7. The van der Waals surface area contributed by atoms with Crippen molar-refractivity contribution < 1.29 is 9.90 Å². The molecule has 0 unspecified atom stereocenters. The van der Waals surface area contributed by atoms with Crippen LogP contribution in [0.4, 0.5) is 5.69 Å². The standard InChI is InChI=1S/C21H21Br2N3O2.C3H8.2C2H6.CH4/c1-11(27)26-6-4-12(5-7-26)18-16-9-17(24)21(28)19(23)15(16)3-2-13-8-14(22)10-25-20(13)18;1-3-2;2*1-2;/h8-10,28H,2-7,24H2,1H3;3H2,1-2H3;2*1-2H3;1H4. The summed E-state index contributed by atoms with van der Waals surface area (Å²) in [6, 6.07) is 3.99. The first kappa shape index (κ1) is 34.1. The number of nitrogen functional groups attached to an aromatic ring is 1. The minimum Gasteiger partial charge on any atom is -0.505 e. The second-order valence-electron chi connectivity index (χ2n) is 8.01. The maximum absolute atomic E-state index is 11.7. The Morgan fingerprint density at radius 2 is 1.61 bits per heavy atom. The highest BCUT2D eigenvalue weighted by molar-refractivity contribution is 9.10. The molecule has 3 N–H and O–H groups in total. The van der Waals surface area contributed by atoms with E-state index >= 15 is 0 Å². The van der Waals surface area contributed by atoms with Gasteiger partial charge in [0.05, 0.1) is 15.9 Å². The number of carbonyl (C=O) groups excluding carboxylic acids is 1. The number of benzene rings is 1. The van der Waals surface area contributed by atoms with Crippen LogP contribution in [0.5, 0.6) is 5.75 Å². The molecule has 0 spiro atoms. The summed E-state index contributed by atoms with van der Waals surface area (Å²) in [5, 5.41) is 10.4. The number of rotatable bonds is 0. The van der Waals surface area contributed by atoms with Crippen molar-refractivity contribution in [3.8, 4) is 5.75 Å². The number of pyridine rings is 1. The second-order valence-corrected chi connectivity index (χ2v) is 9.72. The van der Waals surface area contributed by atoms with Crippen molar-refractivity contribution in [3.63, 3.8) is 0 Å². The third-order valence-corrected chi connectivity index (χ3v) is 6.91. The van der Waals surface area contributed by atoms with Crippen molar-refractivity contribution in [2.24, 2.45) is 0 Å². The minimum atomic E-state index is 0. The van der Waals surface area contributed by atoms with E-state index in [9.17, 15) is 9.90 Å². The Labute approximate surface area is 235 Å². The van der Waals surface area contributed by atoms with Crippen LogP contribution in [0.15, 0.2) is 32.8 Å². The number of nitrogens with two attached hydrogens (primary N) is 1. The number of carbonyl (C=O) groups is 1. The van der Waals surface area contributed by atoms with Gasteiger partial charge in [-0.3, -0.25) is 9.78 Å². The third-order valence-electron chi connectivity index (χ3n) is 5.62. The molecular weight excluding hydrogens is 582 g/mol. The van der Waals surface area contributed by atoms with Gasteiger partial charge in [0.1, 0.15) is 0 Å². The van der Waals surface area contributed by atoms with Crippen molar-refractivity contribution >= 4 is 49.0 Å². The summed E-state index contributed by atoms with van der Waals surface area (Å²) in [5.41, 5.74) is 13.1. The number of anilines is 1. The van der Waals surface area contributed by atoms with Crippen LogP contribution in [0, 0.1) is 0 Å². The van der Waals surface area contributed by atoms with Crippen LogP contribution >= 0.6 is 31.9 Å². The van der Waals surface area contributed by atoms with Gasteiger partial charge in [-0.25, -0.2) is 0 Å². The summed E-state index contributed by atoms with van der Waals surface area (Å²) in [6.45, 7) is 15.3. The predicted octanol–water partition coefficient (Wildman–Crippen LogP) is 8.54. The number of fused-ring (bicyclic) bond motifs is 2. The van der Waals surface area contributed by atoms with E-state index in [1.807, 2.05) is 44.9 Å². The van der Waals surface area contributed by atoms with Crippen LogP contribution < -0.4 is 5.73 Å². The van der Waals surface area contributed by atoms with Crippen LogP contribution in [0.2, 0.25) is 0 Å². The number of aromatic hydroxyl groups is 1. The molecule has 1 fully saturated rings. The van der Waals surface area contributed by atoms with Gasteiger partial charge >= 0.3 is 0 Å². The van der Waals surface area contributed by atoms with Gasteiger partial charge in [-0.1, -0.05) is 61.0 Å². The Kier molecular flexibility index (Phi) is 15.9. The van der Waals surface area contributed by atoms with Gasteiger partial charge < -0.3 is 15.7 Å². The molecule has 2 heterocycles. The summed E-state index contributed by atoms with van der Waals surface area (Å²) in [4.78, 5) is 18.4. The lowest BCUT2D eigenvalue weighted by atomic mass is 9.88. The highest BCUT2D eigenvalue weighted by Gasteiger charge is 2.28. The number of likely N-dealkylation sites (tertiary alicyclic amines) is 1. The largest absolute Gasteiger partial charge is 0.505 e. The molecule has 1 aromatic carbocycles. The molecule has 1 aliphatic carbocycles. The first-order chi connectivity index (χ1) is 16.8. The number of nitrogens with zero attached hydrogens (tertiary/aromatic N) is 2. The van der Waals surface area contributed by atoms with Crippen molar-refractivity contribution in [2.45, 2.75) is 88.0 Å². The summed E-state index contributed by atoms with van der Waals surface area (Å²) in [7, 11) is 0. The fourth-order valence-corrected chi connectivity index (χ4v) is 5.17. The van der Waals surface area contributed by atoms with Crippen LogP contribution in [0.3, 0.4) is 0 Å². The number of phenols is 1. The summed E-state index contributed by atoms with van der Waals surface area (Å²) < 4.78 is 1.61. The summed E-state index contributed by atoms with van der Waals surface area (Å²) in [6.07, 6.45) is 6.31. The lowest BCUT2D eigenvalue weighted by Crippen LogP contribution is -2.34. The molecule has 1 aliphatic heterocycles. The molecule has 0 atom stereocenters. The highest BCUT2D eigenvalue weighted by atomic mass is 79.9. The monoisotopic (exact) mass is 625 g/mol. The average Bonchev–Trinajstić information content (AvgIpc) is 3.02. The first-order valence-electron chi connectivity index (χ1n) is 12.7. The predicted molar refractivity (Wildman–Crippen MR) is 162 cm³/mol. The molecule has 0 radical (unpaired) electrons. The molecule has 7 heteroatoms. The number of hydrogen-bond acceptors (Lipinski definition) is 4. The fourth-order valence-electron chi connectivity index (χ4n) is 4.15. The van der Waals surface area contributed by atoms with Crippen molar-refractivity contribution in [2.75, 3.05) is 18.8 Å². The molecule has 0 saturated carbocycles. The van der Waals surface area contributed by atoms with E-state index in [-0.39, 0.29) is 19.1 Å². The molecule has 1 aromatic heterocycles. The number of aryl methyl sites for hydroxylation is 1. The molecule has 202 valence electrons. The SMILES string of the molecule is C.CC.CC.CC(=O)N1CCC(=C2c3cc(N)c(O)c(Br)c3CCc3cc(Br)cnc32)CC1.CCC. The molecule has 1 saturated heterocycles. The third kappa shape index (κ3) is 8.07. The van der Waals surface area contributed by atoms with E-state index in [1.54, 1.807) is 6.92 Å². The van der Waals surface area contributed by atoms with Crippen molar-refractivity contribution in [1.29, 1.82) is 0 Å². The zero-order valence-corrected chi connectivity index (χ0v) is 25.4. The van der Waals surface area contributed by atoms with E-state index < -0.39 is 0 Å². The lowest BCUT2D eigenvalue weighted by Gasteiger charge is -2.29. The topological polar surface area (TPSA) is 79.5 Å². The quantitative estimate of drug-likeness (QED) is 0.227. The van der Waals surface area contributed by atoms with Gasteiger partial charge in [-0.15, -0.1) is 0 Å². The van der Waals surface area contributed by atoms with E-state index in [4.69, 9.17) is 10.7 Å². The number of phenolic OH excluding ortho intramolecular Hbond substituents is 1. The molecule has 2 aliphatic rings. The van der Waals surface area contributed by atoms with Crippen molar-refractivity contribution in [1.82, 2.24) is 9.88 Å². The van der Waals surface area contributed by atoms with E-state index in [0.29, 0.717) is 23.2 Å². The van der Waals surface area contributed by atoms with Crippen molar-refractivity contribution in [3.05, 3.63) is 55.2 Å². The second kappa shape index (κ2) is 16.8. The first-order valence-corrected chi connectivity index (χ1v) is 14.3. The Morgan fingerprint density at radius 3 is 2.14 bits per heavy atom. The minimum absolute atomic E-state index is 0. The number of halogens is 2. The molecule has 4 rings (SSSR count). The van der Waals surface area contributed by atoms with Crippen LogP contribution in [-0.4, -0.2) is 34.0 Å². The smallest absolute Gasteiger partial charge is 0.219 e. The average molecular weight is 628 g/mol.